The van der Waals surface area contributed by atoms with Gasteiger partial charge in [-0.05, 0) is 61.1 Å². The lowest BCUT2D eigenvalue weighted by atomic mass is 9.82. The fourth-order valence-corrected chi connectivity index (χ4v) is 10.2. The third-order valence-electron chi connectivity index (χ3n) is 13.7. The van der Waals surface area contributed by atoms with Crippen LogP contribution in [0.15, 0.2) is 121 Å². The van der Waals surface area contributed by atoms with Crippen LogP contribution in [0.5, 0.6) is 0 Å². The number of carbonyl (C=O) groups is 6. The van der Waals surface area contributed by atoms with Crippen LogP contribution in [0.3, 0.4) is 0 Å². The number of carbonyl (C=O) groups excluding carboxylic acids is 6. The van der Waals surface area contributed by atoms with Crippen molar-refractivity contribution in [1.82, 2.24) is 30.2 Å². The summed E-state index contributed by atoms with van der Waals surface area (Å²) in [5.74, 6) is -1.63. The Kier molecular flexibility index (Phi) is 16.7. The molecule has 0 radical (unpaired) electrons. The molecular weight excluding hydrogens is 833 g/mol. The minimum atomic E-state index is -0.832. The number of hydrogen-bond acceptors (Lipinski definition) is 8. The zero-order valence-electron chi connectivity index (χ0n) is 37.7. The van der Waals surface area contributed by atoms with E-state index in [1.807, 2.05) is 107 Å². The molecule has 4 aromatic rings. The van der Waals surface area contributed by atoms with E-state index < -0.39 is 23.9 Å². The van der Waals surface area contributed by atoms with Crippen molar-refractivity contribution in [3.63, 3.8) is 0 Å². The van der Waals surface area contributed by atoms with Crippen molar-refractivity contribution in [1.29, 1.82) is 0 Å². The Bertz CT molecular complexity index is 2080. The first-order chi connectivity index (χ1) is 32.1. The third kappa shape index (κ3) is 12.1. The van der Waals surface area contributed by atoms with Crippen LogP contribution in [-0.4, -0.2) is 119 Å². The monoisotopic (exact) mass is 896 g/mol. The molecule has 4 fully saturated rings. The molecule has 6 amide bonds. The molecular formula is C52H64N8O6. The highest BCUT2D eigenvalue weighted by Crippen LogP contribution is 2.32. The topological polar surface area (TPSA) is 191 Å². The lowest BCUT2D eigenvalue weighted by Gasteiger charge is -2.44. The number of benzene rings is 4. The molecule has 8 rings (SSSR count). The van der Waals surface area contributed by atoms with Gasteiger partial charge in [-0.3, -0.25) is 38.6 Å². The zero-order chi connectivity index (χ0) is 46.4. The highest BCUT2D eigenvalue weighted by Gasteiger charge is 2.40. The van der Waals surface area contributed by atoms with Crippen LogP contribution in [0.2, 0.25) is 0 Å². The predicted molar refractivity (Wildman–Crippen MR) is 252 cm³/mol. The van der Waals surface area contributed by atoms with Gasteiger partial charge in [-0.25, -0.2) is 0 Å². The van der Waals surface area contributed by atoms with Crippen molar-refractivity contribution >= 4 is 35.4 Å². The van der Waals surface area contributed by atoms with Crippen LogP contribution in [0.1, 0.15) is 95.3 Å². The lowest BCUT2D eigenvalue weighted by Crippen LogP contribution is -2.56. The van der Waals surface area contributed by atoms with Crippen molar-refractivity contribution in [2.75, 3.05) is 52.4 Å². The van der Waals surface area contributed by atoms with E-state index in [1.54, 1.807) is 24.3 Å². The summed E-state index contributed by atoms with van der Waals surface area (Å²) in [7, 11) is 0. The van der Waals surface area contributed by atoms with Gasteiger partial charge in [0, 0.05) is 75.6 Å². The maximum absolute atomic E-state index is 13.3. The Morgan fingerprint density at radius 3 is 1.05 bits per heavy atom. The van der Waals surface area contributed by atoms with Gasteiger partial charge in [0.05, 0.1) is 11.8 Å². The maximum Gasteiger partial charge on any atom is 0.253 e. The van der Waals surface area contributed by atoms with Gasteiger partial charge in [-0.1, -0.05) is 123 Å². The summed E-state index contributed by atoms with van der Waals surface area (Å²) < 4.78 is 0. The van der Waals surface area contributed by atoms with Crippen molar-refractivity contribution in [3.05, 3.63) is 144 Å². The molecule has 2 heterocycles. The highest BCUT2D eigenvalue weighted by atomic mass is 16.2. The first kappa shape index (κ1) is 47.6. The molecule has 14 nitrogen and oxygen atoms in total. The number of nitrogens with two attached hydrogens (primary N) is 2. The molecule has 2 saturated carbocycles. The van der Waals surface area contributed by atoms with E-state index in [9.17, 15) is 28.8 Å². The second-order valence-corrected chi connectivity index (χ2v) is 17.8. The van der Waals surface area contributed by atoms with Crippen LogP contribution in [0.4, 0.5) is 0 Å². The van der Waals surface area contributed by atoms with E-state index in [4.69, 9.17) is 11.5 Å². The van der Waals surface area contributed by atoms with E-state index in [0.717, 1.165) is 77.5 Å². The first-order valence-corrected chi connectivity index (χ1v) is 23.5. The maximum atomic E-state index is 13.3. The van der Waals surface area contributed by atoms with Crippen molar-refractivity contribution < 1.29 is 28.8 Å². The van der Waals surface area contributed by atoms with E-state index in [-0.39, 0.29) is 47.5 Å². The van der Waals surface area contributed by atoms with Crippen LogP contribution < -0.4 is 22.1 Å². The standard InChI is InChI=1S/2C26H32N4O3/c2*27-24(31)23(19-9-3-1-4-10-19)28-25(32)21-13-7-8-14-22(21)29-15-17-30(18-16-29)26(33)20-11-5-2-6-12-20/h2*1-6,9-12,21-23H,7-8,13-18H2,(H2,27,31)(H,28,32)/t21-,22-,23+;21-,22-,23-/m10/s1. The number of primary amides is 2. The molecule has 0 spiro atoms. The minimum Gasteiger partial charge on any atom is -0.368 e. The normalized spacial score (nSPS) is 22.4. The molecule has 2 aliphatic heterocycles. The van der Waals surface area contributed by atoms with E-state index in [1.165, 1.54) is 0 Å². The van der Waals surface area contributed by atoms with Crippen LogP contribution >= 0.6 is 0 Å². The summed E-state index contributed by atoms with van der Waals surface area (Å²) in [6.07, 6.45) is 7.61. The molecule has 66 heavy (non-hydrogen) atoms. The Hall–Kier alpha value is -6.38. The van der Waals surface area contributed by atoms with Gasteiger partial charge in [0.1, 0.15) is 12.1 Å². The molecule has 2 saturated heterocycles. The number of nitrogens with one attached hydrogen (secondary N) is 2. The first-order valence-electron chi connectivity index (χ1n) is 23.5. The SMILES string of the molecule is NC(=O)[C@@H](NC(=O)[C@@H]1CCCC[C@H]1N1CCN(C(=O)c2ccccc2)CC1)c1ccccc1.NC(=O)[C@@H](NC(=O)[C@H]1CCCC[C@@H]1N1CCN(C(=O)c2ccccc2)CC1)c1ccccc1. The molecule has 4 aromatic carbocycles. The third-order valence-corrected chi connectivity index (χ3v) is 13.7. The Labute approximate surface area is 388 Å². The fraction of sp³-hybridized carbons (Fsp3) is 0.423. The number of nitrogens with zero attached hydrogens (tertiary/aromatic N) is 4. The van der Waals surface area contributed by atoms with E-state index in [2.05, 4.69) is 20.4 Å². The molecule has 14 heteroatoms. The van der Waals surface area contributed by atoms with Crippen LogP contribution in [-0.2, 0) is 19.2 Å². The second-order valence-electron chi connectivity index (χ2n) is 17.8. The van der Waals surface area contributed by atoms with E-state index >= 15 is 0 Å². The highest BCUT2D eigenvalue weighted by molar-refractivity contribution is 5.95. The van der Waals surface area contributed by atoms with Crippen molar-refractivity contribution in [2.24, 2.45) is 23.3 Å². The summed E-state index contributed by atoms with van der Waals surface area (Å²) in [5.41, 5.74) is 14.0. The van der Waals surface area contributed by atoms with Gasteiger partial charge < -0.3 is 31.9 Å². The average Bonchev–Trinajstić information content (AvgIpc) is 3.37. The average molecular weight is 897 g/mol. The summed E-state index contributed by atoms with van der Waals surface area (Å²) in [5, 5.41) is 5.83. The second kappa shape index (κ2) is 23.2. The Balaban J connectivity index is 0.000000196. The summed E-state index contributed by atoms with van der Waals surface area (Å²) in [6.45, 7) is 5.55. The van der Waals surface area contributed by atoms with Gasteiger partial charge in [0.25, 0.3) is 11.8 Å². The van der Waals surface area contributed by atoms with Gasteiger partial charge in [-0.15, -0.1) is 0 Å². The van der Waals surface area contributed by atoms with Crippen molar-refractivity contribution in [3.8, 4) is 0 Å². The van der Waals surface area contributed by atoms with E-state index in [0.29, 0.717) is 48.4 Å². The number of rotatable bonds is 12. The van der Waals surface area contributed by atoms with Crippen molar-refractivity contribution in [2.45, 2.75) is 75.5 Å². The molecule has 6 atom stereocenters. The number of piperazine rings is 2. The molecule has 4 aliphatic rings. The Morgan fingerprint density at radius 2 is 0.727 bits per heavy atom. The van der Waals surface area contributed by atoms with Gasteiger partial charge in [0.15, 0.2) is 0 Å². The summed E-state index contributed by atoms with van der Waals surface area (Å²) in [4.78, 5) is 84.8. The Morgan fingerprint density at radius 1 is 0.424 bits per heavy atom. The molecule has 6 N–H and O–H groups in total. The minimum absolute atomic E-state index is 0.0559. The largest absolute Gasteiger partial charge is 0.368 e. The fourth-order valence-electron chi connectivity index (χ4n) is 10.2. The molecule has 348 valence electrons. The predicted octanol–water partition coefficient (Wildman–Crippen LogP) is 4.69. The molecule has 0 aromatic heterocycles. The molecule has 2 aliphatic carbocycles. The smallest absolute Gasteiger partial charge is 0.253 e. The summed E-state index contributed by atoms with van der Waals surface area (Å²) >= 11 is 0. The number of amides is 6. The molecule has 0 unspecified atom stereocenters. The van der Waals surface area contributed by atoms with Gasteiger partial charge >= 0.3 is 0 Å². The number of hydrogen-bond donors (Lipinski definition) is 4. The van der Waals surface area contributed by atoms with Crippen LogP contribution in [0.25, 0.3) is 0 Å². The lowest BCUT2D eigenvalue weighted by molar-refractivity contribution is -0.133. The molecule has 0 bridgehead atoms. The van der Waals surface area contributed by atoms with Gasteiger partial charge in [-0.2, -0.15) is 0 Å². The van der Waals surface area contributed by atoms with Gasteiger partial charge in [0.2, 0.25) is 23.6 Å². The quantitative estimate of drug-likeness (QED) is 0.158. The van der Waals surface area contributed by atoms with Crippen LogP contribution in [0, 0.1) is 11.8 Å². The zero-order valence-corrected chi connectivity index (χ0v) is 37.7. The summed E-state index contributed by atoms with van der Waals surface area (Å²) in [6, 6.07) is 35.5.